The number of aromatic nitrogens is 3. The molecule has 4 aromatic rings. The smallest absolute Gasteiger partial charge is 0.405 e. The van der Waals surface area contributed by atoms with Crippen molar-refractivity contribution >= 4 is 39.6 Å². The molecule has 3 atom stereocenters. The second-order valence-corrected chi connectivity index (χ2v) is 9.09. The monoisotopic (exact) mass is 484 g/mol. The number of nitrogens with one attached hydrogen (secondary N) is 1. The Labute approximate surface area is 198 Å². The zero-order chi connectivity index (χ0) is 24.0. The van der Waals surface area contributed by atoms with Crippen LogP contribution in [0.2, 0.25) is 5.02 Å². The molecular formula is C24H22ClFN4O4. The van der Waals surface area contributed by atoms with Gasteiger partial charge in [-0.15, -0.1) is 0 Å². The molecule has 1 aliphatic rings. The number of benzene rings is 1. The van der Waals surface area contributed by atoms with Gasteiger partial charge in [-0.25, -0.2) is 9.18 Å². The minimum Gasteiger partial charge on any atom is -0.465 e. The van der Waals surface area contributed by atoms with Crippen LogP contribution in [0.5, 0.6) is 0 Å². The molecule has 1 fully saturated rings. The molecule has 0 bridgehead atoms. The molecule has 1 aliphatic carbocycles. The molecule has 1 unspecified atom stereocenters. The summed E-state index contributed by atoms with van der Waals surface area (Å²) in [5.74, 6) is -0.763. The van der Waals surface area contributed by atoms with Crippen LogP contribution in [0.15, 0.2) is 46.0 Å². The van der Waals surface area contributed by atoms with E-state index in [9.17, 15) is 19.1 Å². The summed E-state index contributed by atoms with van der Waals surface area (Å²) in [6.07, 6.45) is 4.04. The fourth-order valence-corrected chi connectivity index (χ4v) is 5.52. The summed E-state index contributed by atoms with van der Waals surface area (Å²) in [7, 11) is 0. The molecule has 0 radical (unpaired) electrons. The summed E-state index contributed by atoms with van der Waals surface area (Å²) in [5, 5.41) is 17.3. The van der Waals surface area contributed by atoms with Gasteiger partial charge in [0.05, 0.1) is 27.7 Å². The van der Waals surface area contributed by atoms with Crippen molar-refractivity contribution in [2.45, 2.75) is 44.7 Å². The molecule has 10 heteroatoms. The number of pyridine rings is 2. The van der Waals surface area contributed by atoms with Gasteiger partial charge in [0, 0.05) is 24.0 Å². The van der Waals surface area contributed by atoms with E-state index in [0.29, 0.717) is 51.9 Å². The molecule has 1 amide bonds. The topological polar surface area (TPSA) is 110 Å². The van der Waals surface area contributed by atoms with Crippen LogP contribution in [0.4, 0.5) is 9.18 Å². The SMILES string of the molecule is Cc1noc2c1c(=O)n([C@H]1CCCC([C@@H](NC(=O)O)c3cnccc3F)C1)c1cccc(Cl)c21. The first-order chi connectivity index (χ1) is 16.4. The molecule has 3 heterocycles. The van der Waals surface area contributed by atoms with Crippen molar-refractivity contribution in [1.82, 2.24) is 20.0 Å². The summed E-state index contributed by atoms with van der Waals surface area (Å²) in [5.41, 5.74) is 1.42. The van der Waals surface area contributed by atoms with E-state index in [1.165, 1.54) is 18.5 Å². The number of halogens is 2. The third-order valence-electron chi connectivity index (χ3n) is 6.71. The Hall–Kier alpha value is -3.46. The molecule has 0 aliphatic heterocycles. The van der Waals surface area contributed by atoms with E-state index in [4.69, 9.17) is 16.1 Å². The highest BCUT2D eigenvalue weighted by molar-refractivity contribution is 6.37. The van der Waals surface area contributed by atoms with Crippen molar-refractivity contribution in [3.8, 4) is 0 Å². The number of carboxylic acid groups (broad SMARTS) is 1. The predicted octanol–water partition coefficient (Wildman–Crippen LogP) is 5.38. The molecule has 34 heavy (non-hydrogen) atoms. The molecule has 3 aromatic heterocycles. The van der Waals surface area contributed by atoms with Crippen molar-refractivity contribution in [2.75, 3.05) is 0 Å². The van der Waals surface area contributed by atoms with E-state index in [2.05, 4.69) is 15.5 Å². The standard InChI is InChI=1S/C24H22ClFN4O4/c1-12-19-22(34-29-12)20-16(25)6-3-7-18(20)30(23(19)31)14-5-2-4-13(10-14)21(28-24(32)33)15-11-27-9-8-17(15)26/h3,6-9,11,13-14,21,28H,2,4-5,10H2,1H3,(H,32,33)/t13?,14-,21+/m0/s1. The summed E-state index contributed by atoms with van der Waals surface area (Å²) in [4.78, 5) is 29.2. The molecular weight excluding hydrogens is 463 g/mol. The first kappa shape index (κ1) is 22.3. The maximum atomic E-state index is 14.6. The fraction of sp³-hybridized carbons (Fsp3) is 0.333. The number of aryl methyl sites for hydroxylation is 1. The maximum Gasteiger partial charge on any atom is 0.405 e. The molecule has 5 rings (SSSR count). The minimum atomic E-state index is -1.24. The normalized spacial score (nSPS) is 19.4. The largest absolute Gasteiger partial charge is 0.465 e. The van der Waals surface area contributed by atoms with Gasteiger partial charge in [-0.2, -0.15) is 0 Å². The first-order valence-corrected chi connectivity index (χ1v) is 11.4. The van der Waals surface area contributed by atoms with E-state index >= 15 is 0 Å². The minimum absolute atomic E-state index is 0.195. The van der Waals surface area contributed by atoms with Crippen LogP contribution in [0, 0.1) is 18.7 Å². The summed E-state index contributed by atoms with van der Waals surface area (Å²) in [6.45, 7) is 1.71. The molecule has 2 N–H and O–H groups in total. The van der Waals surface area contributed by atoms with Gasteiger partial charge in [-0.3, -0.25) is 9.78 Å². The molecule has 0 saturated heterocycles. The molecule has 0 spiro atoms. The van der Waals surface area contributed by atoms with Gasteiger partial charge in [-0.05, 0) is 50.3 Å². The van der Waals surface area contributed by atoms with Crippen LogP contribution >= 0.6 is 11.6 Å². The Morgan fingerprint density at radius 2 is 2.15 bits per heavy atom. The van der Waals surface area contributed by atoms with Crippen LogP contribution in [0.1, 0.15) is 49.0 Å². The highest BCUT2D eigenvalue weighted by Crippen LogP contribution is 2.41. The lowest BCUT2D eigenvalue weighted by Crippen LogP contribution is -2.37. The number of hydrogen-bond acceptors (Lipinski definition) is 5. The number of nitrogens with zero attached hydrogens (tertiary/aromatic N) is 3. The van der Waals surface area contributed by atoms with E-state index in [1.807, 2.05) is 6.07 Å². The van der Waals surface area contributed by atoms with Crippen molar-refractivity contribution in [1.29, 1.82) is 0 Å². The van der Waals surface area contributed by atoms with Gasteiger partial charge >= 0.3 is 6.09 Å². The maximum absolute atomic E-state index is 14.6. The lowest BCUT2D eigenvalue weighted by Gasteiger charge is -2.36. The lowest BCUT2D eigenvalue weighted by molar-refractivity contribution is 0.169. The van der Waals surface area contributed by atoms with E-state index < -0.39 is 18.0 Å². The van der Waals surface area contributed by atoms with E-state index in [-0.39, 0.29) is 23.1 Å². The molecule has 176 valence electrons. The van der Waals surface area contributed by atoms with Crippen molar-refractivity contribution in [3.05, 3.63) is 69.1 Å². The molecule has 1 aromatic carbocycles. The van der Waals surface area contributed by atoms with Gasteiger partial charge < -0.3 is 19.5 Å². The molecule has 1 saturated carbocycles. The Morgan fingerprint density at radius 3 is 2.91 bits per heavy atom. The lowest BCUT2D eigenvalue weighted by atomic mass is 9.78. The van der Waals surface area contributed by atoms with E-state index in [0.717, 1.165) is 6.42 Å². The van der Waals surface area contributed by atoms with Crippen molar-refractivity contribution in [3.63, 3.8) is 0 Å². The summed E-state index contributed by atoms with van der Waals surface area (Å²) >= 11 is 6.52. The predicted molar refractivity (Wildman–Crippen MR) is 125 cm³/mol. The van der Waals surface area contributed by atoms with Gasteiger partial charge in [0.25, 0.3) is 5.56 Å². The van der Waals surface area contributed by atoms with Gasteiger partial charge in [0.15, 0.2) is 5.58 Å². The average molecular weight is 485 g/mol. The zero-order valence-corrected chi connectivity index (χ0v) is 19.1. The third-order valence-corrected chi connectivity index (χ3v) is 7.02. The summed E-state index contributed by atoms with van der Waals surface area (Å²) < 4.78 is 21.8. The number of carbonyl (C=O) groups is 1. The summed E-state index contributed by atoms with van der Waals surface area (Å²) in [6, 6.07) is 5.50. The average Bonchev–Trinajstić information content (AvgIpc) is 3.20. The number of hydrogen-bond donors (Lipinski definition) is 2. The van der Waals surface area contributed by atoms with Crippen molar-refractivity contribution < 1.29 is 18.8 Å². The van der Waals surface area contributed by atoms with Gasteiger partial charge in [0.1, 0.15) is 11.2 Å². The number of fused-ring (bicyclic) bond motifs is 3. The van der Waals surface area contributed by atoms with E-state index in [1.54, 1.807) is 23.6 Å². The highest BCUT2D eigenvalue weighted by Gasteiger charge is 2.34. The van der Waals surface area contributed by atoms with Gasteiger partial charge in [0.2, 0.25) is 0 Å². The Kier molecular flexibility index (Phi) is 5.73. The Balaban J connectivity index is 1.63. The van der Waals surface area contributed by atoms with Crippen LogP contribution in [-0.2, 0) is 0 Å². The zero-order valence-electron chi connectivity index (χ0n) is 18.3. The van der Waals surface area contributed by atoms with Crippen LogP contribution in [-0.4, -0.2) is 25.9 Å². The van der Waals surface area contributed by atoms with Crippen LogP contribution in [0.25, 0.3) is 21.9 Å². The second kappa shape index (κ2) is 8.72. The van der Waals surface area contributed by atoms with Crippen LogP contribution < -0.4 is 10.9 Å². The first-order valence-electron chi connectivity index (χ1n) is 11.0. The number of amides is 1. The third kappa shape index (κ3) is 3.69. The van der Waals surface area contributed by atoms with Crippen molar-refractivity contribution in [2.24, 2.45) is 5.92 Å². The Morgan fingerprint density at radius 1 is 1.32 bits per heavy atom. The van der Waals surface area contributed by atoms with Gasteiger partial charge in [-0.1, -0.05) is 29.2 Å². The van der Waals surface area contributed by atoms with Crippen LogP contribution in [0.3, 0.4) is 0 Å². The molecule has 8 nitrogen and oxygen atoms in total. The Bertz CT molecular complexity index is 1470. The second-order valence-electron chi connectivity index (χ2n) is 8.69. The fourth-order valence-electron chi connectivity index (χ4n) is 5.26. The number of rotatable bonds is 4. The quantitative estimate of drug-likeness (QED) is 0.402. The highest BCUT2D eigenvalue weighted by atomic mass is 35.5.